The third-order valence-corrected chi connectivity index (χ3v) is 6.32. The van der Waals surface area contributed by atoms with Crippen LogP contribution in [0.4, 0.5) is 28.4 Å². The summed E-state index contributed by atoms with van der Waals surface area (Å²) in [5.74, 6) is -1.36. The van der Waals surface area contributed by atoms with Crippen molar-refractivity contribution >= 4 is 50.6 Å². The Hall–Kier alpha value is -5.05. The quantitative estimate of drug-likeness (QED) is 0.199. The summed E-state index contributed by atoms with van der Waals surface area (Å²) in [6, 6.07) is 12.7. The van der Waals surface area contributed by atoms with E-state index in [1.165, 1.54) is 42.6 Å². The van der Waals surface area contributed by atoms with Crippen LogP contribution < -0.4 is 15.0 Å². The van der Waals surface area contributed by atoms with E-state index in [9.17, 15) is 38.5 Å². The van der Waals surface area contributed by atoms with E-state index in [1.54, 1.807) is 25.1 Å². The third kappa shape index (κ3) is 6.15. The number of anilines is 3. The summed E-state index contributed by atoms with van der Waals surface area (Å²) in [6.45, 7) is 0. The Balaban J connectivity index is 1.87. The van der Waals surface area contributed by atoms with E-state index in [1.807, 2.05) is 0 Å². The number of carboxylic acid groups (broad SMARTS) is 1. The summed E-state index contributed by atoms with van der Waals surface area (Å²) in [5, 5.41) is 36.1. The van der Waals surface area contributed by atoms with Crippen LogP contribution in [-0.4, -0.2) is 49.7 Å². The molecule has 192 valence electrons. The maximum atomic E-state index is 12.8. The van der Waals surface area contributed by atoms with E-state index >= 15 is 0 Å². The average Bonchev–Trinajstić information content (AvgIpc) is 2.83. The Morgan fingerprint density at radius 2 is 1.65 bits per heavy atom. The molecule has 0 aliphatic carbocycles. The van der Waals surface area contributed by atoms with Gasteiger partial charge in [0.05, 0.1) is 32.2 Å². The first-order chi connectivity index (χ1) is 17.4. The maximum absolute atomic E-state index is 12.8. The number of carbonyl (C=O) groups is 1. The van der Waals surface area contributed by atoms with E-state index < -0.39 is 36.4 Å². The number of hydrogen-bond acceptors (Lipinski definition) is 10. The molecule has 0 heterocycles. The Kier molecular flexibility index (Phi) is 7.67. The molecule has 0 spiro atoms. The molecule has 3 aromatic rings. The van der Waals surface area contributed by atoms with Crippen molar-refractivity contribution in [1.29, 1.82) is 0 Å². The second-order valence-corrected chi connectivity index (χ2v) is 9.34. The van der Waals surface area contributed by atoms with Crippen molar-refractivity contribution in [2.75, 3.05) is 29.1 Å². The number of hydrogen-bond donors (Lipinski definition) is 3. The summed E-state index contributed by atoms with van der Waals surface area (Å²) < 4.78 is 27.7. The summed E-state index contributed by atoms with van der Waals surface area (Å²) in [4.78, 5) is 34.0. The number of nitro groups is 2. The van der Waals surface area contributed by atoms with Crippen molar-refractivity contribution in [2.45, 2.75) is 4.90 Å². The van der Waals surface area contributed by atoms with Crippen molar-refractivity contribution in [3.05, 3.63) is 92.0 Å². The van der Waals surface area contributed by atoms with Crippen LogP contribution in [-0.2, 0) is 10.0 Å². The zero-order valence-corrected chi connectivity index (χ0v) is 20.2. The number of rotatable bonds is 10. The molecule has 37 heavy (non-hydrogen) atoms. The molecule has 0 bridgehead atoms. The van der Waals surface area contributed by atoms with Crippen LogP contribution in [0.15, 0.2) is 70.7 Å². The zero-order valence-electron chi connectivity index (χ0n) is 19.4. The van der Waals surface area contributed by atoms with Gasteiger partial charge in [-0.05, 0) is 30.3 Å². The fourth-order valence-corrected chi connectivity index (χ4v) is 4.31. The predicted molar refractivity (Wildman–Crippen MR) is 136 cm³/mol. The first kappa shape index (κ1) is 26.6. The third-order valence-electron chi connectivity index (χ3n) is 4.95. The molecule has 0 aromatic heterocycles. The van der Waals surface area contributed by atoms with E-state index in [0.717, 1.165) is 18.2 Å². The number of nitro benzene ring substituents is 2. The Bertz CT molecular complexity index is 1520. The zero-order chi connectivity index (χ0) is 27.3. The van der Waals surface area contributed by atoms with Gasteiger partial charge >= 0.3 is 5.97 Å². The molecule has 0 aliphatic heterocycles. The molecule has 14 nitrogen and oxygen atoms in total. The number of benzene rings is 3. The normalized spacial score (nSPS) is 11.2. The highest BCUT2D eigenvalue weighted by molar-refractivity contribution is 7.92. The minimum absolute atomic E-state index is 0.148. The first-order valence-corrected chi connectivity index (χ1v) is 11.8. The summed E-state index contributed by atoms with van der Waals surface area (Å²) in [5.41, 5.74) is 1.71. The van der Waals surface area contributed by atoms with E-state index in [0.29, 0.717) is 11.3 Å². The number of aromatic carboxylic acids is 1. The molecule has 0 amide bonds. The second-order valence-electron chi connectivity index (χ2n) is 7.66. The van der Waals surface area contributed by atoms with Gasteiger partial charge in [0.1, 0.15) is 11.4 Å². The molecule has 3 N–H and O–H groups in total. The van der Waals surface area contributed by atoms with Crippen LogP contribution in [0.1, 0.15) is 15.9 Å². The minimum atomic E-state index is -4.38. The first-order valence-electron chi connectivity index (χ1n) is 10.3. The number of nitrogens with one attached hydrogen (secondary N) is 2. The predicted octanol–water partition coefficient (Wildman–Crippen LogP) is 3.51. The molecule has 3 aromatic carbocycles. The molecule has 0 aliphatic rings. The van der Waals surface area contributed by atoms with Gasteiger partial charge in [0.25, 0.3) is 21.4 Å². The molecule has 0 atom stereocenters. The van der Waals surface area contributed by atoms with Crippen molar-refractivity contribution in [2.24, 2.45) is 5.10 Å². The molecule has 3 rings (SSSR count). The summed E-state index contributed by atoms with van der Waals surface area (Å²) in [6.07, 6.45) is 1.21. The molecular formula is C22H20N6O8S. The average molecular weight is 529 g/mol. The van der Waals surface area contributed by atoms with Gasteiger partial charge in [-0.2, -0.15) is 5.10 Å². The second kappa shape index (κ2) is 10.7. The monoisotopic (exact) mass is 528 g/mol. The lowest BCUT2D eigenvalue weighted by atomic mass is 10.2. The Morgan fingerprint density at radius 3 is 2.27 bits per heavy atom. The van der Waals surface area contributed by atoms with Gasteiger partial charge in [-0.25, -0.2) is 13.2 Å². The number of para-hydroxylation sites is 1. The number of nitrogens with zero attached hydrogens (tertiary/aromatic N) is 4. The Morgan fingerprint density at radius 1 is 0.973 bits per heavy atom. The van der Waals surface area contributed by atoms with Crippen molar-refractivity contribution < 1.29 is 28.2 Å². The summed E-state index contributed by atoms with van der Waals surface area (Å²) >= 11 is 0. The fourth-order valence-electron chi connectivity index (χ4n) is 3.21. The van der Waals surface area contributed by atoms with E-state index in [-0.39, 0.29) is 22.6 Å². The molecule has 15 heteroatoms. The molecule has 0 unspecified atom stereocenters. The lowest BCUT2D eigenvalue weighted by molar-refractivity contribution is -0.384. The molecule has 0 fully saturated rings. The van der Waals surface area contributed by atoms with Crippen LogP contribution in [0.3, 0.4) is 0 Å². The van der Waals surface area contributed by atoms with Crippen LogP contribution in [0, 0.1) is 20.2 Å². The van der Waals surface area contributed by atoms with Crippen LogP contribution in [0.25, 0.3) is 0 Å². The fraction of sp³-hybridized carbons (Fsp3) is 0.0909. The van der Waals surface area contributed by atoms with E-state index in [2.05, 4.69) is 15.2 Å². The lowest BCUT2D eigenvalue weighted by Gasteiger charge is -2.12. The van der Waals surface area contributed by atoms with Crippen molar-refractivity contribution in [1.82, 2.24) is 0 Å². The van der Waals surface area contributed by atoms with Crippen LogP contribution in [0.5, 0.6) is 0 Å². The largest absolute Gasteiger partial charge is 0.478 e. The molecule has 0 saturated heterocycles. The van der Waals surface area contributed by atoms with Crippen LogP contribution in [0.2, 0.25) is 0 Å². The van der Waals surface area contributed by atoms with Gasteiger partial charge in [-0.15, -0.1) is 0 Å². The lowest BCUT2D eigenvalue weighted by Crippen LogP contribution is -2.16. The van der Waals surface area contributed by atoms with Gasteiger partial charge in [0.15, 0.2) is 0 Å². The highest BCUT2D eigenvalue weighted by Crippen LogP contribution is 2.30. The SMILES string of the molecule is CN(C)c1ccc(C=NNc2ccc(S(=O)(=O)Nc3ccccc3C(=O)O)cc2[N+](=O)[O-])cc1[N+](=O)[O-]. The minimum Gasteiger partial charge on any atom is -0.478 e. The van der Waals surface area contributed by atoms with Gasteiger partial charge in [0, 0.05) is 31.8 Å². The van der Waals surface area contributed by atoms with Crippen molar-refractivity contribution in [3.63, 3.8) is 0 Å². The smallest absolute Gasteiger partial charge is 0.337 e. The van der Waals surface area contributed by atoms with Gasteiger partial charge in [-0.3, -0.25) is 30.4 Å². The standard InChI is InChI=1S/C22H20N6O8S/c1-26(2)19-10-7-14(11-21(19)28(33)34)13-23-24-18-9-8-15(12-20(18)27(31)32)37(35,36)25-17-6-4-3-5-16(17)22(29)30/h3-13,24-25H,1-2H3,(H,29,30). The maximum Gasteiger partial charge on any atom is 0.337 e. The molecule has 0 saturated carbocycles. The molecule has 0 radical (unpaired) electrons. The van der Waals surface area contributed by atoms with E-state index in [4.69, 9.17) is 0 Å². The number of sulfonamides is 1. The van der Waals surface area contributed by atoms with Gasteiger partial charge < -0.3 is 10.0 Å². The highest BCUT2D eigenvalue weighted by Gasteiger charge is 2.23. The highest BCUT2D eigenvalue weighted by atomic mass is 32.2. The Labute approximate surface area is 210 Å². The van der Waals surface area contributed by atoms with Gasteiger partial charge in [0.2, 0.25) is 0 Å². The van der Waals surface area contributed by atoms with Crippen LogP contribution >= 0.6 is 0 Å². The number of carboxylic acids is 1. The topological polar surface area (TPSA) is 197 Å². The number of hydrazone groups is 1. The van der Waals surface area contributed by atoms with Gasteiger partial charge in [-0.1, -0.05) is 18.2 Å². The summed E-state index contributed by atoms with van der Waals surface area (Å²) in [7, 11) is -1.07. The molecular weight excluding hydrogens is 508 g/mol. The van der Waals surface area contributed by atoms with Crippen molar-refractivity contribution in [3.8, 4) is 0 Å².